The third-order valence-electron chi connectivity index (χ3n) is 4.83. The van der Waals surface area contributed by atoms with Crippen LogP contribution in [-0.2, 0) is 22.6 Å². The number of ether oxygens (including phenoxy) is 1. The van der Waals surface area contributed by atoms with Crippen LogP contribution in [0.25, 0.3) is 0 Å². The third-order valence-corrected chi connectivity index (χ3v) is 4.83. The molecular formula is C26H33I3N2O4. The number of hydrogen-bond acceptors (Lipinski definition) is 4. The molecule has 192 valence electrons. The van der Waals surface area contributed by atoms with Gasteiger partial charge in [-0.3, -0.25) is 14.4 Å². The summed E-state index contributed by atoms with van der Waals surface area (Å²) in [5.74, 6) is -0.404. The van der Waals surface area contributed by atoms with Crippen LogP contribution >= 0.6 is 67.8 Å². The fourth-order valence-corrected chi connectivity index (χ4v) is 3.46. The lowest BCUT2D eigenvalue weighted by atomic mass is 10.1. The maximum Gasteiger partial charge on any atom is 0.326 e. The minimum Gasteiger partial charge on any atom is -0.459 e. The largest absolute Gasteiger partial charge is 0.459 e. The molecule has 0 aromatic heterocycles. The SMILES string of the molecule is CI.Cc1ccc2c(c1)C(=O)N(CC(=O)OC(C)(C)C)C2.Cc1ccc2c(c1)C(=O)NC2.ICI. The zero-order valence-electron chi connectivity index (χ0n) is 21.0. The lowest BCUT2D eigenvalue weighted by Gasteiger charge is -2.22. The summed E-state index contributed by atoms with van der Waals surface area (Å²) in [6.07, 6.45) is 0. The normalized spacial score (nSPS) is 13.1. The summed E-state index contributed by atoms with van der Waals surface area (Å²) in [6.45, 7) is 10.6. The minimum absolute atomic E-state index is 0.00380. The Kier molecular flexibility index (Phi) is 14.0. The van der Waals surface area contributed by atoms with Gasteiger partial charge in [-0.1, -0.05) is 103 Å². The Balaban J connectivity index is 0.000000322. The molecule has 9 heteroatoms. The number of rotatable bonds is 2. The van der Waals surface area contributed by atoms with Gasteiger partial charge in [0.2, 0.25) is 0 Å². The first kappa shape index (κ1) is 32.1. The van der Waals surface area contributed by atoms with E-state index in [1.54, 1.807) is 0 Å². The fraction of sp³-hybridized carbons (Fsp3) is 0.423. The Bertz CT molecular complexity index is 1040. The number of carbonyl (C=O) groups excluding carboxylic acids is 3. The summed E-state index contributed by atoms with van der Waals surface area (Å²) >= 11 is 6.70. The molecule has 0 bridgehead atoms. The Morgan fingerprint density at radius 1 is 0.971 bits per heavy atom. The molecule has 2 heterocycles. The summed E-state index contributed by atoms with van der Waals surface area (Å²) in [4.78, 5) is 38.5. The van der Waals surface area contributed by atoms with Crippen LogP contribution in [-0.4, -0.2) is 42.2 Å². The predicted octanol–water partition coefficient (Wildman–Crippen LogP) is 6.40. The van der Waals surface area contributed by atoms with Gasteiger partial charge in [0.25, 0.3) is 11.8 Å². The summed E-state index contributed by atoms with van der Waals surface area (Å²) in [7, 11) is 0. The van der Waals surface area contributed by atoms with Gasteiger partial charge >= 0.3 is 5.97 Å². The van der Waals surface area contributed by atoms with Crippen LogP contribution in [0.4, 0.5) is 0 Å². The maximum absolute atomic E-state index is 12.2. The van der Waals surface area contributed by atoms with Gasteiger partial charge in [-0.05, 0) is 62.8 Å². The van der Waals surface area contributed by atoms with Crippen molar-refractivity contribution in [3.63, 3.8) is 0 Å². The number of esters is 1. The standard InChI is InChI=1S/C15H19NO3.C9H9NO.CH2I2.CH3I/c1-10-5-6-11-8-16(14(18)12(11)7-10)9-13(17)19-15(2,3)4;1-6-2-3-7-5-10-9(11)8(7)4-6;2-1-3;1-2/h5-7H,8-9H2,1-4H3;2-4H,5H2,1H3,(H,10,11);1H2;1H3. The van der Waals surface area contributed by atoms with Crippen LogP contribution in [0.3, 0.4) is 0 Å². The van der Waals surface area contributed by atoms with Crippen molar-refractivity contribution >= 4 is 85.6 Å². The van der Waals surface area contributed by atoms with Gasteiger partial charge in [-0.25, -0.2) is 0 Å². The van der Waals surface area contributed by atoms with Crippen LogP contribution < -0.4 is 5.32 Å². The summed E-state index contributed by atoms with van der Waals surface area (Å²) < 4.78 is 6.43. The number of nitrogens with zero attached hydrogens (tertiary/aromatic N) is 1. The van der Waals surface area contributed by atoms with E-state index in [0.29, 0.717) is 18.7 Å². The van der Waals surface area contributed by atoms with E-state index in [4.69, 9.17) is 4.74 Å². The molecule has 2 amide bonds. The van der Waals surface area contributed by atoms with Gasteiger partial charge in [-0.2, -0.15) is 0 Å². The minimum atomic E-state index is -0.525. The molecule has 0 saturated carbocycles. The number of hydrogen-bond donors (Lipinski definition) is 1. The second-order valence-corrected chi connectivity index (χ2v) is 13.3. The molecule has 0 unspecified atom stereocenters. The number of alkyl halides is 3. The highest BCUT2D eigenvalue weighted by molar-refractivity contribution is 14.2. The van der Waals surface area contributed by atoms with Crippen molar-refractivity contribution in [1.82, 2.24) is 10.2 Å². The lowest BCUT2D eigenvalue weighted by Crippen LogP contribution is -2.35. The number of benzene rings is 2. The van der Waals surface area contributed by atoms with Gasteiger partial charge in [0.1, 0.15) is 12.1 Å². The molecular weight excluding hydrogens is 785 g/mol. The molecule has 0 atom stereocenters. The molecule has 0 spiro atoms. The first-order valence-corrected chi connectivity index (χ1v) is 16.1. The van der Waals surface area contributed by atoms with Crippen molar-refractivity contribution in [1.29, 1.82) is 0 Å². The van der Waals surface area contributed by atoms with E-state index in [2.05, 4.69) is 73.1 Å². The van der Waals surface area contributed by atoms with Crippen molar-refractivity contribution in [2.45, 2.75) is 53.3 Å². The highest BCUT2D eigenvalue weighted by Crippen LogP contribution is 2.24. The van der Waals surface area contributed by atoms with Gasteiger partial charge in [0.15, 0.2) is 0 Å². The van der Waals surface area contributed by atoms with E-state index in [1.807, 2.05) is 75.9 Å². The van der Waals surface area contributed by atoms with Crippen LogP contribution in [0.5, 0.6) is 0 Å². The molecule has 2 aliphatic rings. The first-order valence-electron chi connectivity index (χ1n) is 10.9. The maximum atomic E-state index is 12.2. The van der Waals surface area contributed by atoms with E-state index in [1.165, 1.54) is 7.33 Å². The molecule has 0 saturated heterocycles. The zero-order chi connectivity index (χ0) is 26.8. The molecule has 0 fully saturated rings. The van der Waals surface area contributed by atoms with Gasteiger partial charge in [0.05, 0.1) is 2.43 Å². The molecule has 0 aliphatic carbocycles. The zero-order valence-corrected chi connectivity index (χ0v) is 27.5. The number of fused-ring (bicyclic) bond motifs is 2. The average Bonchev–Trinajstić information content (AvgIpc) is 3.29. The second kappa shape index (κ2) is 15.3. The Hall–Kier alpha value is -0.960. The van der Waals surface area contributed by atoms with Gasteiger partial charge < -0.3 is 15.0 Å². The molecule has 0 radical (unpaired) electrons. The van der Waals surface area contributed by atoms with Crippen LogP contribution in [0.1, 0.15) is 63.7 Å². The van der Waals surface area contributed by atoms with E-state index in [-0.39, 0.29) is 24.3 Å². The van der Waals surface area contributed by atoms with Gasteiger partial charge in [-0.15, -0.1) is 0 Å². The summed E-state index contributed by atoms with van der Waals surface area (Å²) in [5, 5.41) is 2.77. The topological polar surface area (TPSA) is 75.7 Å². The number of aryl methyl sites for hydroxylation is 2. The van der Waals surface area contributed by atoms with Crippen molar-refractivity contribution in [2.75, 3.05) is 13.9 Å². The third kappa shape index (κ3) is 10.5. The van der Waals surface area contributed by atoms with Crippen LogP contribution in [0, 0.1) is 13.8 Å². The van der Waals surface area contributed by atoms with Crippen LogP contribution in [0.2, 0.25) is 0 Å². The number of nitrogens with one attached hydrogen (secondary N) is 1. The summed E-state index contributed by atoms with van der Waals surface area (Å²) in [5.41, 5.74) is 5.28. The van der Waals surface area contributed by atoms with Crippen LogP contribution in [0.15, 0.2) is 36.4 Å². The van der Waals surface area contributed by atoms with Crippen molar-refractivity contribution in [3.8, 4) is 0 Å². The Morgan fingerprint density at radius 2 is 1.49 bits per heavy atom. The molecule has 6 nitrogen and oxygen atoms in total. The van der Waals surface area contributed by atoms with Crippen molar-refractivity contribution in [2.24, 2.45) is 0 Å². The van der Waals surface area contributed by atoms with Crippen molar-refractivity contribution < 1.29 is 19.1 Å². The molecule has 35 heavy (non-hydrogen) atoms. The predicted molar refractivity (Wildman–Crippen MR) is 167 cm³/mol. The van der Waals surface area contributed by atoms with Crippen molar-refractivity contribution in [3.05, 3.63) is 69.8 Å². The fourth-order valence-electron chi connectivity index (χ4n) is 3.46. The smallest absolute Gasteiger partial charge is 0.326 e. The van der Waals surface area contributed by atoms with E-state index >= 15 is 0 Å². The Morgan fingerprint density at radius 3 is 2.03 bits per heavy atom. The first-order chi connectivity index (χ1) is 16.4. The molecule has 2 aromatic rings. The average molecular weight is 818 g/mol. The van der Waals surface area contributed by atoms with Gasteiger partial charge in [0, 0.05) is 24.2 Å². The second-order valence-electron chi connectivity index (χ2n) is 8.85. The molecule has 4 rings (SSSR count). The quantitative estimate of drug-likeness (QED) is 0.217. The monoisotopic (exact) mass is 818 g/mol. The highest BCUT2D eigenvalue weighted by atomic mass is 127. The molecule has 1 N–H and O–H groups in total. The number of amides is 2. The number of halogens is 3. The summed E-state index contributed by atoms with van der Waals surface area (Å²) in [6, 6.07) is 11.7. The van der Waals surface area contributed by atoms with E-state index in [0.717, 1.165) is 27.8 Å². The van der Waals surface area contributed by atoms with E-state index in [9.17, 15) is 14.4 Å². The molecule has 2 aromatic carbocycles. The Labute approximate surface area is 249 Å². The lowest BCUT2D eigenvalue weighted by molar-refractivity contribution is -0.155. The highest BCUT2D eigenvalue weighted by Gasteiger charge is 2.30. The molecule has 2 aliphatic heterocycles. The van der Waals surface area contributed by atoms with E-state index < -0.39 is 5.60 Å². The number of carbonyl (C=O) groups is 3.